The lowest BCUT2D eigenvalue weighted by Crippen LogP contribution is -2.49. The Morgan fingerprint density at radius 3 is 2.56 bits per heavy atom. The first-order valence-electron chi connectivity index (χ1n) is 8.64. The smallest absolute Gasteiger partial charge is 0.469 e. The molecule has 1 heterocycles. The van der Waals surface area contributed by atoms with Gasteiger partial charge in [0.15, 0.2) is 11.5 Å². The van der Waals surface area contributed by atoms with E-state index in [2.05, 4.69) is 16.3 Å². The average molecular weight is 373 g/mol. The molecule has 142 valence electrons. The lowest BCUT2D eigenvalue weighted by molar-refractivity contribution is 0.0848. The first-order valence-corrected chi connectivity index (χ1v) is 10.2. The molecule has 1 aromatic carbocycles. The fraction of sp³-hybridized carbons (Fsp3) is 0.647. The van der Waals surface area contributed by atoms with E-state index in [0.29, 0.717) is 12.0 Å². The summed E-state index contributed by atoms with van der Waals surface area (Å²) in [5, 5.41) is 19.7. The summed E-state index contributed by atoms with van der Waals surface area (Å²) < 4.78 is 13.1. The average Bonchev–Trinajstić information content (AvgIpc) is 2.58. The van der Waals surface area contributed by atoms with Crippen LogP contribution in [0.2, 0.25) is 0 Å². The zero-order chi connectivity index (χ0) is 18.6. The summed E-state index contributed by atoms with van der Waals surface area (Å²) in [6.45, 7) is 4.64. The summed E-state index contributed by atoms with van der Waals surface area (Å²) in [6, 6.07) is 4.24. The zero-order valence-corrected chi connectivity index (χ0v) is 15.7. The van der Waals surface area contributed by atoms with Crippen LogP contribution in [-0.4, -0.2) is 51.1 Å². The highest BCUT2D eigenvalue weighted by Crippen LogP contribution is 2.41. The molecule has 1 aliphatic carbocycles. The van der Waals surface area contributed by atoms with E-state index in [1.54, 1.807) is 6.07 Å². The van der Waals surface area contributed by atoms with E-state index < -0.39 is 7.82 Å². The normalized spacial score (nSPS) is 23.2. The summed E-state index contributed by atoms with van der Waals surface area (Å²) in [6.07, 6.45) is 5.65. The number of phosphoric ester groups is 1. The molecule has 0 spiro atoms. The Morgan fingerprint density at radius 2 is 1.96 bits per heavy atom. The number of aromatic hydroxyl groups is 2. The third-order valence-electron chi connectivity index (χ3n) is 5.04. The quantitative estimate of drug-likeness (QED) is 0.476. The van der Waals surface area contributed by atoms with E-state index in [-0.39, 0.29) is 11.5 Å². The van der Waals surface area contributed by atoms with E-state index in [9.17, 15) is 14.8 Å². The number of piperidine rings is 1. The number of rotatable bonds is 3. The molecule has 1 saturated heterocycles. The minimum Gasteiger partial charge on any atom is -0.504 e. The molecule has 3 rings (SSSR count). The van der Waals surface area contributed by atoms with Crippen molar-refractivity contribution in [3.05, 3.63) is 23.3 Å². The highest BCUT2D eigenvalue weighted by Gasteiger charge is 2.36. The van der Waals surface area contributed by atoms with Gasteiger partial charge < -0.3 is 20.0 Å². The van der Waals surface area contributed by atoms with Crippen LogP contribution in [0.5, 0.6) is 11.5 Å². The molecule has 0 bridgehead atoms. The Labute approximate surface area is 148 Å². The third kappa shape index (κ3) is 5.19. The largest absolute Gasteiger partial charge is 0.504 e. The van der Waals surface area contributed by atoms with Crippen molar-refractivity contribution < 1.29 is 29.1 Å². The van der Waals surface area contributed by atoms with Crippen molar-refractivity contribution in [1.29, 1.82) is 0 Å². The van der Waals surface area contributed by atoms with Gasteiger partial charge in [-0.05, 0) is 62.7 Å². The maximum atomic E-state index is 10.0. The van der Waals surface area contributed by atoms with Crippen LogP contribution < -0.4 is 0 Å². The van der Waals surface area contributed by atoms with Gasteiger partial charge in [-0.25, -0.2) is 4.57 Å². The maximum absolute atomic E-state index is 10.0. The Kier molecular flexibility index (Phi) is 6.88. The van der Waals surface area contributed by atoms with Crippen molar-refractivity contribution in [3.8, 4) is 11.5 Å². The van der Waals surface area contributed by atoms with Gasteiger partial charge in [0.25, 0.3) is 0 Å². The van der Waals surface area contributed by atoms with E-state index in [1.165, 1.54) is 37.9 Å². The molecule has 1 aliphatic heterocycles. The molecule has 4 N–H and O–H groups in total. The SMILES string of the molecule is CCCN1CCC[C@@H]2Cc3c(ccc(O)c3O)C[C@H]21.COP(=O)(O)O. The molecule has 2 aliphatic rings. The van der Waals surface area contributed by atoms with Crippen molar-refractivity contribution in [2.24, 2.45) is 5.92 Å². The van der Waals surface area contributed by atoms with Crippen LogP contribution >= 0.6 is 7.82 Å². The van der Waals surface area contributed by atoms with E-state index >= 15 is 0 Å². The number of phenolic OH excluding ortho intramolecular Hbond substituents is 2. The summed E-state index contributed by atoms with van der Waals surface area (Å²) >= 11 is 0. The molecule has 1 fully saturated rings. The molecular weight excluding hydrogens is 345 g/mol. The van der Waals surface area contributed by atoms with Crippen molar-refractivity contribution in [1.82, 2.24) is 4.90 Å². The molecule has 0 amide bonds. The topological polar surface area (TPSA) is 110 Å². The number of phosphoric acid groups is 1. The van der Waals surface area contributed by atoms with Gasteiger partial charge in [0.05, 0.1) is 0 Å². The second kappa shape index (κ2) is 8.52. The van der Waals surface area contributed by atoms with Crippen LogP contribution in [0.1, 0.15) is 37.3 Å². The summed E-state index contributed by atoms with van der Waals surface area (Å²) in [5.41, 5.74) is 2.21. The number of fused-ring (bicyclic) bond motifs is 2. The van der Waals surface area contributed by atoms with Crippen LogP contribution in [-0.2, 0) is 21.9 Å². The summed E-state index contributed by atoms with van der Waals surface area (Å²) in [7, 11) is -3.20. The molecule has 7 nitrogen and oxygen atoms in total. The summed E-state index contributed by atoms with van der Waals surface area (Å²) in [4.78, 5) is 18.1. The van der Waals surface area contributed by atoms with Crippen molar-refractivity contribution >= 4 is 7.82 Å². The molecule has 0 aromatic heterocycles. The Hall–Kier alpha value is -1.11. The fourth-order valence-corrected chi connectivity index (χ4v) is 3.88. The molecule has 25 heavy (non-hydrogen) atoms. The molecule has 0 radical (unpaired) electrons. The molecular formula is C17H28NO6P. The number of nitrogens with zero attached hydrogens (tertiary/aromatic N) is 1. The van der Waals surface area contributed by atoms with Gasteiger partial charge in [-0.2, -0.15) is 0 Å². The van der Waals surface area contributed by atoms with Gasteiger partial charge in [-0.15, -0.1) is 0 Å². The predicted octanol–water partition coefficient (Wildman–Crippen LogP) is 2.41. The van der Waals surface area contributed by atoms with Crippen molar-refractivity contribution in [2.45, 2.75) is 45.1 Å². The van der Waals surface area contributed by atoms with Crippen LogP contribution in [0.3, 0.4) is 0 Å². The monoisotopic (exact) mass is 373 g/mol. The Bertz CT molecular complexity index is 630. The molecule has 0 unspecified atom stereocenters. The number of likely N-dealkylation sites (tertiary alicyclic amines) is 1. The second-order valence-corrected chi connectivity index (χ2v) is 8.00. The van der Waals surface area contributed by atoms with Crippen LogP contribution in [0.15, 0.2) is 12.1 Å². The number of hydrogen-bond donors (Lipinski definition) is 4. The van der Waals surface area contributed by atoms with Crippen molar-refractivity contribution in [2.75, 3.05) is 20.2 Å². The van der Waals surface area contributed by atoms with Gasteiger partial charge >= 0.3 is 7.82 Å². The minimum atomic E-state index is -4.15. The van der Waals surface area contributed by atoms with E-state index in [1.807, 2.05) is 6.07 Å². The van der Waals surface area contributed by atoms with Crippen LogP contribution in [0.4, 0.5) is 0 Å². The number of benzene rings is 1. The standard InChI is InChI=1S/C16H23NO2.CH5O4P/c1-2-7-17-8-3-4-12-9-13-11(10-14(12)17)5-6-15(18)16(13)19;1-5-6(2,3)4/h5-6,12,14,18-19H,2-4,7-10H2,1H3;1H3,(H2,2,3,4)/t12-,14-;/m1./s1. The Balaban J connectivity index is 0.000000326. The van der Waals surface area contributed by atoms with E-state index in [0.717, 1.165) is 25.5 Å². The first kappa shape index (κ1) is 20.2. The highest BCUT2D eigenvalue weighted by atomic mass is 31.2. The zero-order valence-electron chi connectivity index (χ0n) is 14.8. The van der Waals surface area contributed by atoms with Gasteiger partial charge in [-0.3, -0.25) is 9.42 Å². The molecule has 1 aromatic rings. The molecule has 0 saturated carbocycles. The minimum absolute atomic E-state index is 0.0263. The number of hydrogen-bond acceptors (Lipinski definition) is 5. The van der Waals surface area contributed by atoms with Gasteiger partial charge in [-0.1, -0.05) is 13.0 Å². The maximum Gasteiger partial charge on any atom is 0.469 e. The molecule has 2 atom stereocenters. The Morgan fingerprint density at radius 1 is 1.28 bits per heavy atom. The second-order valence-electron chi connectivity index (χ2n) is 6.66. The third-order valence-corrected chi connectivity index (χ3v) is 5.51. The highest BCUT2D eigenvalue weighted by molar-refractivity contribution is 7.46. The van der Waals surface area contributed by atoms with Gasteiger partial charge in [0.1, 0.15) is 0 Å². The van der Waals surface area contributed by atoms with Crippen LogP contribution in [0.25, 0.3) is 0 Å². The lowest BCUT2D eigenvalue weighted by Gasteiger charge is -2.44. The first-order chi connectivity index (χ1) is 11.8. The summed E-state index contributed by atoms with van der Waals surface area (Å²) in [5.74, 6) is 0.780. The van der Waals surface area contributed by atoms with Crippen molar-refractivity contribution in [3.63, 3.8) is 0 Å². The van der Waals surface area contributed by atoms with Gasteiger partial charge in [0, 0.05) is 18.7 Å². The number of phenols is 2. The van der Waals surface area contributed by atoms with Crippen LogP contribution in [0, 0.1) is 5.92 Å². The van der Waals surface area contributed by atoms with E-state index in [4.69, 9.17) is 9.79 Å². The predicted molar refractivity (Wildman–Crippen MR) is 94.6 cm³/mol. The lowest BCUT2D eigenvalue weighted by atomic mass is 9.75. The fourth-order valence-electron chi connectivity index (χ4n) is 3.88. The molecule has 8 heteroatoms. The van der Waals surface area contributed by atoms with Gasteiger partial charge in [0.2, 0.25) is 0 Å².